The minimum absolute atomic E-state index is 0.425. The highest BCUT2D eigenvalue weighted by molar-refractivity contribution is 7.12. The SMILES string of the molecule is Cc1cc2n(n1)C[C@H](CN[C@H](C)c1ccc(C)s1)CN2. The first-order valence-electron chi connectivity index (χ1n) is 7.20. The van der Waals surface area contributed by atoms with Gasteiger partial charge in [0.2, 0.25) is 0 Å². The molecule has 2 N–H and O–H groups in total. The van der Waals surface area contributed by atoms with E-state index >= 15 is 0 Å². The fourth-order valence-electron chi connectivity index (χ4n) is 2.65. The Labute approximate surface area is 124 Å². The van der Waals surface area contributed by atoms with Crippen molar-refractivity contribution in [3.63, 3.8) is 0 Å². The molecule has 1 aliphatic rings. The van der Waals surface area contributed by atoms with Crippen LogP contribution in [0.2, 0.25) is 0 Å². The third-order valence-corrected chi connectivity index (χ3v) is 4.99. The molecule has 2 atom stereocenters. The summed E-state index contributed by atoms with van der Waals surface area (Å²) in [6.45, 7) is 9.48. The maximum absolute atomic E-state index is 4.52. The van der Waals surface area contributed by atoms with Gasteiger partial charge in [0.05, 0.1) is 5.69 Å². The average molecular weight is 290 g/mol. The van der Waals surface area contributed by atoms with Crippen molar-refractivity contribution in [3.8, 4) is 0 Å². The van der Waals surface area contributed by atoms with Gasteiger partial charge in [-0.3, -0.25) is 0 Å². The molecular weight excluding hydrogens is 268 g/mol. The largest absolute Gasteiger partial charge is 0.370 e. The lowest BCUT2D eigenvalue weighted by atomic mass is 10.1. The molecule has 2 aromatic heterocycles. The number of aryl methyl sites for hydroxylation is 2. The molecule has 0 spiro atoms. The van der Waals surface area contributed by atoms with E-state index in [0.29, 0.717) is 12.0 Å². The predicted octanol–water partition coefficient (Wildman–Crippen LogP) is 2.95. The van der Waals surface area contributed by atoms with Crippen LogP contribution in [0.3, 0.4) is 0 Å². The fourth-order valence-corrected chi connectivity index (χ4v) is 3.56. The number of thiophene rings is 1. The third-order valence-electron chi connectivity index (χ3n) is 3.81. The molecule has 0 radical (unpaired) electrons. The second kappa shape index (κ2) is 5.58. The van der Waals surface area contributed by atoms with Gasteiger partial charge < -0.3 is 10.6 Å². The summed E-state index contributed by atoms with van der Waals surface area (Å²) in [7, 11) is 0. The summed E-state index contributed by atoms with van der Waals surface area (Å²) in [5, 5.41) is 11.6. The molecule has 1 aliphatic heterocycles. The first-order valence-corrected chi connectivity index (χ1v) is 8.01. The number of aromatic nitrogens is 2. The summed E-state index contributed by atoms with van der Waals surface area (Å²) in [5.41, 5.74) is 1.09. The topological polar surface area (TPSA) is 41.9 Å². The molecule has 0 unspecified atom stereocenters. The molecule has 3 rings (SSSR count). The van der Waals surface area contributed by atoms with Crippen LogP contribution < -0.4 is 10.6 Å². The minimum Gasteiger partial charge on any atom is -0.370 e. The maximum Gasteiger partial charge on any atom is 0.124 e. The van der Waals surface area contributed by atoms with Crippen molar-refractivity contribution >= 4 is 17.2 Å². The van der Waals surface area contributed by atoms with Crippen molar-refractivity contribution in [1.82, 2.24) is 15.1 Å². The Morgan fingerprint density at radius 1 is 1.50 bits per heavy atom. The number of anilines is 1. The number of nitrogens with one attached hydrogen (secondary N) is 2. The normalized spacial score (nSPS) is 19.4. The summed E-state index contributed by atoms with van der Waals surface area (Å²) in [5.74, 6) is 1.74. The summed E-state index contributed by atoms with van der Waals surface area (Å²) < 4.78 is 2.09. The summed E-state index contributed by atoms with van der Waals surface area (Å²) in [6, 6.07) is 6.96. The molecule has 5 heteroatoms. The van der Waals surface area contributed by atoms with Crippen molar-refractivity contribution in [3.05, 3.63) is 33.6 Å². The van der Waals surface area contributed by atoms with Crippen molar-refractivity contribution in [2.75, 3.05) is 18.4 Å². The number of nitrogens with zero attached hydrogens (tertiary/aromatic N) is 2. The Hall–Kier alpha value is -1.33. The summed E-state index contributed by atoms with van der Waals surface area (Å²) >= 11 is 1.88. The molecule has 0 aromatic carbocycles. The molecule has 20 heavy (non-hydrogen) atoms. The summed E-state index contributed by atoms with van der Waals surface area (Å²) in [4.78, 5) is 2.80. The standard InChI is InChI=1S/C15H22N4S/c1-10-6-15-17-8-13(9-19(15)18-10)7-16-12(3)14-5-4-11(2)20-14/h4-6,12-13,16-17H,7-9H2,1-3H3/t12-,13-/m1/s1. The van der Waals surface area contributed by atoms with E-state index in [1.807, 2.05) is 18.3 Å². The van der Waals surface area contributed by atoms with Gasteiger partial charge in [-0.2, -0.15) is 5.10 Å². The Bertz CT molecular complexity index is 586. The molecule has 0 bridgehead atoms. The molecule has 0 saturated heterocycles. The lowest BCUT2D eigenvalue weighted by molar-refractivity contribution is 0.377. The van der Waals surface area contributed by atoms with Crippen LogP contribution in [-0.4, -0.2) is 22.9 Å². The van der Waals surface area contributed by atoms with Gasteiger partial charge in [-0.25, -0.2) is 4.68 Å². The van der Waals surface area contributed by atoms with E-state index in [4.69, 9.17) is 0 Å². The Morgan fingerprint density at radius 3 is 3.10 bits per heavy atom. The molecule has 2 aromatic rings. The van der Waals surface area contributed by atoms with E-state index in [0.717, 1.165) is 31.1 Å². The monoisotopic (exact) mass is 290 g/mol. The molecular formula is C15H22N4S. The first-order chi connectivity index (χ1) is 9.61. The van der Waals surface area contributed by atoms with E-state index in [2.05, 4.69) is 52.5 Å². The Morgan fingerprint density at radius 2 is 2.35 bits per heavy atom. The molecule has 0 amide bonds. The Balaban J connectivity index is 1.55. The van der Waals surface area contributed by atoms with Crippen molar-refractivity contribution in [1.29, 1.82) is 0 Å². The lowest BCUT2D eigenvalue weighted by Crippen LogP contribution is -2.36. The van der Waals surface area contributed by atoms with Gasteiger partial charge in [-0.05, 0) is 32.9 Å². The highest BCUT2D eigenvalue weighted by atomic mass is 32.1. The quantitative estimate of drug-likeness (QED) is 0.909. The van der Waals surface area contributed by atoms with E-state index < -0.39 is 0 Å². The number of hydrogen-bond donors (Lipinski definition) is 2. The number of rotatable bonds is 4. The van der Waals surface area contributed by atoms with Crippen LogP contribution in [-0.2, 0) is 6.54 Å². The van der Waals surface area contributed by atoms with Crippen LogP contribution in [0.15, 0.2) is 18.2 Å². The van der Waals surface area contributed by atoms with E-state index in [9.17, 15) is 0 Å². The van der Waals surface area contributed by atoms with Gasteiger partial charge in [0.25, 0.3) is 0 Å². The minimum atomic E-state index is 0.425. The van der Waals surface area contributed by atoms with E-state index in [-0.39, 0.29) is 0 Å². The summed E-state index contributed by atoms with van der Waals surface area (Å²) in [6.07, 6.45) is 0. The zero-order valence-corrected chi connectivity index (χ0v) is 13.1. The maximum atomic E-state index is 4.52. The van der Waals surface area contributed by atoms with Crippen LogP contribution in [0, 0.1) is 19.8 Å². The zero-order valence-electron chi connectivity index (χ0n) is 12.3. The van der Waals surface area contributed by atoms with Crippen LogP contribution in [0.5, 0.6) is 0 Å². The van der Waals surface area contributed by atoms with Gasteiger partial charge in [-0.15, -0.1) is 11.3 Å². The predicted molar refractivity (Wildman–Crippen MR) is 84.4 cm³/mol. The van der Waals surface area contributed by atoms with Crippen LogP contribution in [0.25, 0.3) is 0 Å². The van der Waals surface area contributed by atoms with Crippen molar-refractivity contribution in [2.24, 2.45) is 5.92 Å². The molecule has 108 valence electrons. The molecule has 4 nitrogen and oxygen atoms in total. The van der Waals surface area contributed by atoms with Crippen LogP contribution in [0.1, 0.15) is 28.4 Å². The van der Waals surface area contributed by atoms with Crippen LogP contribution >= 0.6 is 11.3 Å². The third kappa shape index (κ3) is 2.88. The molecule has 0 fully saturated rings. The second-order valence-corrected chi connectivity index (χ2v) is 7.00. The number of hydrogen-bond acceptors (Lipinski definition) is 4. The highest BCUT2D eigenvalue weighted by Gasteiger charge is 2.20. The zero-order chi connectivity index (χ0) is 14.1. The van der Waals surface area contributed by atoms with E-state index in [1.54, 1.807) is 0 Å². The molecule has 0 aliphatic carbocycles. The lowest BCUT2D eigenvalue weighted by Gasteiger charge is -2.26. The average Bonchev–Trinajstić information content (AvgIpc) is 3.00. The Kier molecular flexibility index (Phi) is 3.81. The van der Waals surface area contributed by atoms with Gasteiger partial charge in [0.15, 0.2) is 0 Å². The van der Waals surface area contributed by atoms with Crippen LogP contribution in [0.4, 0.5) is 5.82 Å². The molecule has 3 heterocycles. The smallest absolute Gasteiger partial charge is 0.124 e. The van der Waals surface area contributed by atoms with E-state index in [1.165, 1.54) is 9.75 Å². The van der Waals surface area contributed by atoms with Gasteiger partial charge in [0.1, 0.15) is 5.82 Å². The highest BCUT2D eigenvalue weighted by Crippen LogP contribution is 2.23. The van der Waals surface area contributed by atoms with Gasteiger partial charge in [0, 0.05) is 47.4 Å². The van der Waals surface area contributed by atoms with Gasteiger partial charge >= 0.3 is 0 Å². The van der Waals surface area contributed by atoms with Gasteiger partial charge in [-0.1, -0.05) is 0 Å². The first kappa shape index (κ1) is 13.6. The second-order valence-electron chi connectivity index (χ2n) is 5.68. The van der Waals surface area contributed by atoms with Crippen molar-refractivity contribution in [2.45, 2.75) is 33.4 Å². The van der Waals surface area contributed by atoms with Crippen molar-refractivity contribution < 1.29 is 0 Å². The fraction of sp³-hybridized carbons (Fsp3) is 0.533. The number of fused-ring (bicyclic) bond motifs is 1. The molecule has 0 saturated carbocycles.